The number of hydrogen-bond acceptors (Lipinski definition) is 4. The highest BCUT2D eigenvalue weighted by atomic mass is 32.2. The number of imidazole rings is 1. The number of hydrogen-bond donors (Lipinski definition) is 1. The van der Waals surface area contributed by atoms with Gasteiger partial charge in [-0.2, -0.15) is 0 Å². The maximum absolute atomic E-state index is 12.8. The molecule has 0 atom stereocenters. The highest BCUT2D eigenvalue weighted by Crippen LogP contribution is 2.28. The summed E-state index contributed by atoms with van der Waals surface area (Å²) in [5.74, 6) is 0.694. The number of carbonyl (C=O) groups is 1. The summed E-state index contributed by atoms with van der Waals surface area (Å²) in [6.45, 7) is 3.24. The Kier molecular flexibility index (Phi) is 5.39. The van der Waals surface area contributed by atoms with E-state index >= 15 is 0 Å². The second-order valence-electron chi connectivity index (χ2n) is 6.21. The molecular weight excluding hydrogens is 368 g/mol. The maximum atomic E-state index is 12.8. The minimum absolute atomic E-state index is 0.152. The first kappa shape index (κ1) is 18.3. The Bertz CT molecular complexity index is 1110. The summed E-state index contributed by atoms with van der Waals surface area (Å²) in [5.41, 5.74) is 2.58. The molecule has 0 saturated heterocycles. The first-order chi connectivity index (χ1) is 13.8. The monoisotopic (exact) mass is 388 g/mol. The molecule has 4 rings (SSSR count). The molecule has 0 aliphatic carbocycles. The number of pyridine rings is 1. The van der Waals surface area contributed by atoms with Crippen LogP contribution in [0.3, 0.4) is 0 Å². The van der Waals surface area contributed by atoms with E-state index in [1.807, 2.05) is 54.6 Å². The molecule has 1 amide bonds. The standard InChI is InChI=1S/C22H20N4OS/c1-2-26-19-13-7-6-12-18(19)25-20(26)15-24-21(27)17-11-8-14-23-22(17)28-16-9-4-3-5-10-16/h3-14H,2,15H2,1H3,(H,24,27). The van der Waals surface area contributed by atoms with Gasteiger partial charge in [-0.05, 0) is 43.3 Å². The van der Waals surface area contributed by atoms with Gasteiger partial charge in [-0.3, -0.25) is 4.79 Å². The minimum atomic E-state index is -0.152. The predicted octanol–water partition coefficient (Wildman–Crippen LogP) is 4.53. The fourth-order valence-electron chi connectivity index (χ4n) is 3.11. The van der Waals surface area contributed by atoms with Crippen LogP contribution in [-0.2, 0) is 13.1 Å². The summed E-state index contributed by atoms with van der Waals surface area (Å²) >= 11 is 1.48. The first-order valence-corrected chi connectivity index (χ1v) is 9.98. The van der Waals surface area contributed by atoms with Crippen LogP contribution in [-0.4, -0.2) is 20.4 Å². The van der Waals surface area contributed by atoms with Crippen LogP contribution in [0.1, 0.15) is 23.1 Å². The van der Waals surface area contributed by atoms with Gasteiger partial charge in [0.1, 0.15) is 10.9 Å². The number of fused-ring (bicyclic) bond motifs is 1. The molecule has 5 nitrogen and oxygen atoms in total. The molecule has 0 aliphatic heterocycles. The second kappa shape index (κ2) is 8.27. The van der Waals surface area contributed by atoms with Crippen molar-refractivity contribution in [3.63, 3.8) is 0 Å². The lowest BCUT2D eigenvalue weighted by molar-refractivity contribution is 0.0946. The number of para-hydroxylation sites is 2. The topological polar surface area (TPSA) is 59.8 Å². The minimum Gasteiger partial charge on any atom is -0.345 e. The zero-order chi connectivity index (χ0) is 19.3. The quantitative estimate of drug-likeness (QED) is 0.527. The fourth-order valence-corrected chi connectivity index (χ4v) is 4.01. The van der Waals surface area contributed by atoms with Crippen molar-refractivity contribution in [3.8, 4) is 0 Å². The summed E-state index contributed by atoms with van der Waals surface area (Å²) in [7, 11) is 0. The zero-order valence-electron chi connectivity index (χ0n) is 15.5. The van der Waals surface area contributed by atoms with Crippen molar-refractivity contribution in [1.29, 1.82) is 0 Å². The van der Waals surface area contributed by atoms with Crippen molar-refractivity contribution < 1.29 is 4.79 Å². The molecule has 0 aliphatic rings. The van der Waals surface area contributed by atoms with Gasteiger partial charge in [-0.1, -0.05) is 42.1 Å². The third-order valence-electron chi connectivity index (χ3n) is 4.43. The van der Waals surface area contributed by atoms with Crippen LogP contribution < -0.4 is 5.32 Å². The molecule has 2 aromatic heterocycles. The summed E-state index contributed by atoms with van der Waals surface area (Å²) in [4.78, 5) is 23.0. The molecule has 0 saturated carbocycles. The van der Waals surface area contributed by atoms with E-state index in [2.05, 4.69) is 26.8 Å². The summed E-state index contributed by atoms with van der Waals surface area (Å²) in [5, 5.41) is 3.69. The van der Waals surface area contributed by atoms with Crippen LogP contribution in [0.15, 0.2) is 82.8 Å². The van der Waals surface area contributed by atoms with E-state index in [0.717, 1.165) is 28.3 Å². The average molecular weight is 388 g/mol. The smallest absolute Gasteiger partial charge is 0.254 e. The number of amides is 1. The van der Waals surface area contributed by atoms with E-state index in [-0.39, 0.29) is 5.91 Å². The fraction of sp³-hybridized carbons (Fsp3) is 0.136. The third kappa shape index (κ3) is 3.77. The number of aryl methyl sites for hydroxylation is 1. The van der Waals surface area contributed by atoms with Crippen LogP contribution in [0, 0.1) is 0 Å². The normalized spacial score (nSPS) is 10.9. The lowest BCUT2D eigenvalue weighted by Crippen LogP contribution is -2.25. The lowest BCUT2D eigenvalue weighted by atomic mass is 10.2. The van der Waals surface area contributed by atoms with Gasteiger partial charge in [0.05, 0.1) is 23.1 Å². The van der Waals surface area contributed by atoms with E-state index < -0.39 is 0 Å². The van der Waals surface area contributed by atoms with Gasteiger partial charge in [0.2, 0.25) is 0 Å². The van der Waals surface area contributed by atoms with Crippen LogP contribution in [0.5, 0.6) is 0 Å². The first-order valence-electron chi connectivity index (χ1n) is 9.16. The van der Waals surface area contributed by atoms with Gasteiger partial charge >= 0.3 is 0 Å². The molecule has 0 bridgehead atoms. The van der Waals surface area contributed by atoms with E-state index in [4.69, 9.17) is 0 Å². The predicted molar refractivity (Wildman–Crippen MR) is 111 cm³/mol. The van der Waals surface area contributed by atoms with Gasteiger partial charge in [0.15, 0.2) is 0 Å². The van der Waals surface area contributed by atoms with Crippen molar-refractivity contribution in [1.82, 2.24) is 19.9 Å². The second-order valence-corrected chi connectivity index (χ2v) is 7.28. The summed E-state index contributed by atoms with van der Waals surface area (Å²) < 4.78 is 2.12. The molecule has 1 N–H and O–H groups in total. The summed E-state index contributed by atoms with van der Waals surface area (Å²) in [6.07, 6.45) is 1.71. The number of rotatable bonds is 6. The van der Waals surface area contributed by atoms with E-state index in [0.29, 0.717) is 17.1 Å². The summed E-state index contributed by atoms with van der Waals surface area (Å²) in [6, 6.07) is 21.5. The molecule has 0 spiro atoms. The Hall–Kier alpha value is -3.12. The molecule has 6 heteroatoms. The number of benzene rings is 2. The maximum Gasteiger partial charge on any atom is 0.254 e. The van der Waals surface area contributed by atoms with Crippen molar-refractivity contribution in [2.24, 2.45) is 0 Å². The molecule has 28 heavy (non-hydrogen) atoms. The number of carbonyl (C=O) groups excluding carboxylic acids is 1. The molecule has 0 radical (unpaired) electrons. The SMILES string of the molecule is CCn1c(CNC(=O)c2cccnc2Sc2ccccc2)nc2ccccc21. The van der Waals surface area contributed by atoms with Gasteiger partial charge < -0.3 is 9.88 Å². The van der Waals surface area contributed by atoms with E-state index in [9.17, 15) is 4.79 Å². The Morgan fingerprint density at radius 3 is 2.64 bits per heavy atom. The molecule has 2 heterocycles. The third-order valence-corrected chi connectivity index (χ3v) is 5.46. The van der Waals surface area contributed by atoms with Crippen LogP contribution in [0.2, 0.25) is 0 Å². The largest absolute Gasteiger partial charge is 0.345 e. The highest BCUT2D eigenvalue weighted by Gasteiger charge is 2.15. The molecule has 2 aromatic carbocycles. The Labute approximate surface area is 167 Å². The zero-order valence-corrected chi connectivity index (χ0v) is 16.3. The van der Waals surface area contributed by atoms with Crippen molar-refractivity contribution in [2.45, 2.75) is 29.9 Å². The molecule has 140 valence electrons. The Balaban J connectivity index is 1.54. The lowest BCUT2D eigenvalue weighted by Gasteiger charge is -2.10. The highest BCUT2D eigenvalue weighted by molar-refractivity contribution is 7.99. The molecule has 0 fully saturated rings. The van der Waals surface area contributed by atoms with Gasteiger partial charge in [-0.25, -0.2) is 9.97 Å². The van der Waals surface area contributed by atoms with Crippen LogP contribution in [0.4, 0.5) is 0 Å². The number of aromatic nitrogens is 3. The van der Waals surface area contributed by atoms with Gasteiger partial charge in [0, 0.05) is 17.6 Å². The van der Waals surface area contributed by atoms with Crippen molar-refractivity contribution >= 4 is 28.7 Å². The molecular formula is C22H20N4OS. The number of nitrogens with zero attached hydrogens (tertiary/aromatic N) is 3. The van der Waals surface area contributed by atoms with E-state index in [1.54, 1.807) is 18.3 Å². The van der Waals surface area contributed by atoms with Crippen molar-refractivity contribution in [2.75, 3.05) is 0 Å². The van der Waals surface area contributed by atoms with Crippen LogP contribution in [0.25, 0.3) is 11.0 Å². The molecule has 0 unspecified atom stereocenters. The average Bonchev–Trinajstić information content (AvgIpc) is 3.10. The van der Waals surface area contributed by atoms with Crippen LogP contribution >= 0.6 is 11.8 Å². The molecule has 4 aromatic rings. The Morgan fingerprint density at radius 1 is 1.04 bits per heavy atom. The number of nitrogens with one attached hydrogen (secondary N) is 1. The Morgan fingerprint density at radius 2 is 1.82 bits per heavy atom. The van der Waals surface area contributed by atoms with Gasteiger partial charge in [-0.15, -0.1) is 0 Å². The van der Waals surface area contributed by atoms with E-state index in [1.165, 1.54) is 11.8 Å². The van der Waals surface area contributed by atoms with Gasteiger partial charge in [0.25, 0.3) is 5.91 Å². The van der Waals surface area contributed by atoms with Crippen molar-refractivity contribution in [3.05, 3.63) is 84.3 Å².